The van der Waals surface area contributed by atoms with Crippen LogP contribution in [0.15, 0.2) is 29.2 Å². The van der Waals surface area contributed by atoms with Crippen LogP contribution < -0.4 is 0 Å². The second-order valence-electron chi connectivity index (χ2n) is 4.06. The molecule has 0 atom stereocenters. The molecule has 0 aromatic heterocycles. The van der Waals surface area contributed by atoms with E-state index in [1.54, 1.807) is 13.8 Å². The quantitative estimate of drug-likeness (QED) is 0.755. The van der Waals surface area contributed by atoms with Gasteiger partial charge in [0.25, 0.3) is 0 Å². The molecule has 0 saturated carbocycles. The van der Waals surface area contributed by atoms with Gasteiger partial charge in [0.2, 0.25) is 9.84 Å². The van der Waals surface area contributed by atoms with E-state index in [1.165, 1.54) is 31.4 Å². The maximum atomic E-state index is 11.7. The van der Waals surface area contributed by atoms with E-state index in [9.17, 15) is 13.2 Å². The highest BCUT2D eigenvalue weighted by Crippen LogP contribution is 2.15. The Morgan fingerprint density at radius 1 is 1.24 bits per heavy atom. The SMILES string of the molecule is COCS(=O)(=O)c1ccc(C(=O)C(C)C)cc1. The van der Waals surface area contributed by atoms with Crippen LogP contribution in [0.4, 0.5) is 0 Å². The molecule has 0 unspecified atom stereocenters. The number of carbonyl (C=O) groups is 1. The van der Waals surface area contributed by atoms with Crippen LogP contribution in [-0.4, -0.2) is 27.2 Å². The van der Waals surface area contributed by atoms with Gasteiger partial charge in [0.15, 0.2) is 11.7 Å². The average Bonchev–Trinajstić information content (AvgIpc) is 2.28. The van der Waals surface area contributed by atoms with Gasteiger partial charge in [0, 0.05) is 18.6 Å². The highest BCUT2D eigenvalue weighted by molar-refractivity contribution is 7.91. The van der Waals surface area contributed by atoms with E-state index >= 15 is 0 Å². The zero-order chi connectivity index (χ0) is 13.1. The molecule has 0 aliphatic carbocycles. The van der Waals surface area contributed by atoms with Crippen LogP contribution in [-0.2, 0) is 14.6 Å². The summed E-state index contributed by atoms with van der Waals surface area (Å²) < 4.78 is 27.9. The summed E-state index contributed by atoms with van der Waals surface area (Å²) in [5.41, 5.74) is 0.524. The second kappa shape index (κ2) is 5.42. The molecule has 0 saturated heterocycles. The molecule has 0 aliphatic rings. The number of Topliss-reactive ketones (excluding diaryl/α,β-unsaturated/α-hetero) is 1. The molecular weight excluding hydrogens is 240 g/mol. The Hall–Kier alpha value is -1.20. The van der Waals surface area contributed by atoms with E-state index in [0.717, 1.165) is 0 Å². The molecule has 1 aromatic carbocycles. The monoisotopic (exact) mass is 256 g/mol. The van der Waals surface area contributed by atoms with Crippen LogP contribution >= 0.6 is 0 Å². The van der Waals surface area contributed by atoms with Crippen molar-refractivity contribution in [2.24, 2.45) is 5.92 Å². The zero-order valence-electron chi connectivity index (χ0n) is 10.1. The number of ketones is 1. The van der Waals surface area contributed by atoms with Gasteiger partial charge in [0.1, 0.15) is 0 Å². The summed E-state index contributed by atoms with van der Waals surface area (Å²) in [6.45, 7) is 3.61. The van der Waals surface area contributed by atoms with Gasteiger partial charge in [0.05, 0.1) is 4.90 Å². The van der Waals surface area contributed by atoms with Crippen molar-refractivity contribution in [1.82, 2.24) is 0 Å². The molecule has 1 rings (SSSR count). The molecule has 0 bridgehead atoms. The number of carbonyl (C=O) groups excluding carboxylic acids is 1. The summed E-state index contributed by atoms with van der Waals surface area (Å²) in [5, 5.41) is 0. The smallest absolute Gasteiger partial charge is 0.202 e. The molecule has 5 heteroatoms. The van der Waals surface area contributed by atoms with E-state index in [1.807, 2.05) is 0 Å². The van der Waals surface area contributed by atoms with Gasteiger partial charge in [-0.05, 0) is 12.1 Å². The highest BCUT2D eigenvalue weighted by Gasteiger charge is 2.15. The summed E-state index contributed by atoms with van der Waals surface area (Å²) in [6.07, 6.45) is 0. The lowest BCUT2D eigenvalue weighted by molar-refractivity contribution is 0.0939. The van der Waals surface area contributed by atoms with Crippen molar-refractivity contribution in [3.05, 3.63) is 29.8 Å². The molecule has 0 fully saturated rings. The third kappa shape index (κ3) is 3.38. The van der Waals surface area contributed by atoms with E-state index < -0.39 is 9.84 Å². The molecule has 0 spiro atoms. The van der Waals surface area contributed by atoms with Crippen molar-refractivity contribution in [3.63, 3.8) is 0 Å². The predicted octanol–water partition coefficient (Wildman–Crippen LogP) is 1.90. The van der Waals surface area contributed by atoms with Crippen LogP contribution in [0.1, 0.15) is 24.2 Å². The minimum atomic E-state index is -3.41. The van der Waals surface area contributed by atoms with Crippen LogP contribution in [0, 0.1) is 5.92 Å². The molecule has 0 aliphatic heterocycles. The Bertz CT molecular complexity index is 486. The third-order valence-electron chi connectivity index (χ3n) is 2.30. The lowest BCUT2D eigenvalue weighted by Gasteiger charge is -2.06. The average molecular weight is 256 g/mol. The van der Waals surface area contributed by atoms with Crippen molar-refractivity contribution in [1.29, 1.82) is 0 Å². The summed E-state index contributed by atoms with van der Waals surface area (Å²) in [6, 6.07) is 5.93. The van der Waals surface area contributed by atoms with Crippen molar-refractivity contribution >= 4 is 15.6 Å². The normalized spacial score (nSPS) is 11.8. The Labute approximate surface area is 102 Å². The molecule has 94 valence electrons. The number of methoxy groups -OCH3 is 1. The van der Waals surface area contributed by atoms with Crippen LogP contribution in [0.5, 0.6) is 0 Å². The standard InChI is InChI=1S/C12H16O4S/c1-9(2)12(13)10-4-6-11(7-5-10)17(14,15)8-16-3/h4-7,9H,8H2,1-3H3. The Morgan fingerprint density at radius 3 is 2.18 bits per heavy atom. The summed E-state index contributed by atoms with van der Waals surface area (Å²) in [5.74, 6) is -0.457. The molecule has 0 radical (unpaired) electrons. The van der Waals surface area contributed by atoms with E-state index in [2.05, 4.69) is 4.74 Å². The number of hydrogen-bond donors (Lipinski definition) is 0. The molecular formula is C12H16O4S. The second-order valence-corrected chi connectivity index (χ2v) is 6.00. The molecule has 0 amide bonds. The van der Waals surface area contributed by atoms with E-state index in [-0.39, 0.29) is 22.5 Å². The van der Waals surface area contributed by atoms with Crippen molar-refractivity contribution in [3.8, 4) is 0 Å². The van der Waals surface area contributed by atoms with Crippen molar-refractivity contribution < 1.29 is 17.9 Å². The lowest BCUT2D eigenvalue weighted by atomic mass is 10.0. The number of ether oxygens (including phenoxy) is 1. The molecule has 0 N–H and O–H groups in total. The number of hydrogen-bond acceptors (Lipinski definition) is 4. The van der Waals surface area contributed by atoms with E-state index in [0.29, 0.717) is 5.56 Å². The van der Waals surface area contributed by atoms with Gasteiger partial charge in [-0.15, -0.1) is 0 Å². The Morgan fingerprint density at radius 2 is 1.76 bits per heavy atom. The van der Waals surface area contributed by atoms with Gasteiger partial charge in [-0.3, -0.25) is 4.79 Å². The maximum Gasteiger partial charge on any atom is 0.202 e. The number of sulfone groups is 1. The van der Waals surface area contributed by atoms with Crippen molar-refractivity contribution in [2.75, 3.05) is 13.0 Å². The fraction of sp³-hybridized carbons (Fsp3) is 0.417. The summed E-state index contributed by atoms with van der Waals surface area (Å²) in [7, 11) is -2.08. The minimum absolute atomic E-state index is 0.000638. The fourth-order valence-electron chi connectivity index (χ4n) is 1.38. The van der Waals surface area contributed by atoms with Gasteiger partial charge >= 0.3 is 0 Å². The molecule has 0 heterocycles. The summed E-state index contributed by atoms with van der Waals surface area (Å²) >= 11 is 0. The first-order valence-electron chi connectivity index (χ1n) is 5.24. The van der Waals surface area contributed by atoms with Gasteiger partial charge in [-0.1, -0.05) is 26.0 Å². The Kier molecular flexibility index (Phi) is 4.42. The molecule has 1 aromatic rings. The Balaban J connectivity index is 3.00. The van der Waals surface area contributed by atoms with Crippen LogP contribution in [0.25, 0.3) is 0 Å². The van der Waals surface area contributed by atoms with E-state index in [4.69, 9.17) is 0 Å². The molecule has 17 heavy (non-hydrogen) atoms. The lowest BCUT2D eigenvalue weighted by Crippen LogP contribution is -2.10. The molecule has 4 nitrogen and oxygen atoms in total. The third-order valence-corrected chi connectivity index (χ3v) is 3.83. The van der Waals surface area contributed by atoms with Gasteiger partial charge in [-0.25, -0.2) is 8.42 Å². The first-order valence-corrected chi connectivity index (χ1v) is 6.89. The van der Waals surface area contributed by atoms with Crippen LogP contribution in [0.3, 0.4) is 0 Å². The van der Waals surface area contributed by atoms with Gasteiger partial charge < -0.3 is 4.74 Å². The zero-order valence-corrected chi connectivity index (χ0v) is 11.0. The topological polar surface area (TPSA) is 60.4 Å². The number of benzene rings is 1. The largest absolute Gasteiger partial charge is 0.368 e. The highest BCUT2D eigenvalue weighted by atomic mass is 32.2. The fourth-order valence-corrected chi connectivity index (χ4v) is 2.38. The van der Waals surface area contributed by atoms with Gasteiger partial charge in [-0.2, -0.15) is 0 Å². The van der Waals surface area contributed by atoms with Crippen molar-refractivity contribution in [2.45, 2.75) is 18.7 Å². The van der Waals surface area contributed by atoms with Crippen LogP contribution in [0.2, 0.25) is 0 Å². The summed E-state index contributed by atoms with van der Waals surface area (Å²) in [4.78, 5) is 11.8. The maximum absolute atomic E-state index is 11.7. The first-order chi connectivity index (χ1) is 7.88. The minimum Gasteiger partial charge on any atom is -0.368 e. The first kappa shape index (κ1) is 13.9. The number of rotatable bonds is 5. The predicted molar refractivity (Wildman–Crippen MR) is 64.7 cm³/mol.